The van der Waals surface area contributed by atoms with Crippen molar-refractivity contribution in [3.05, 3.63) is 0 Å². The number of rotatable bonds is 2. The van der Waals surface area contributed by atoms with Crippen LogP contribution in [0.5, 0.6) is 0 Å². The first-order valence-electron chi connectivity index (χ1n) is 6.76. The molecule has 18 heavy (non-hydrogen) atoms. The van der Waals surface area contributed by atoms with Crippen molar-refractivity contribution in [1.82, 2.24) is 5.32 Å². The lowest BCUT2D eigenvalue weighted by atomic mass is 9.57. The van der Waals surface area contributed by atoms with E-state index >= 15 is 0 Å². The molecule has 2 aliphatic carbocycles. The molecule has 0 heterocycles. The smallest absolute Gasteiger partial charge is 0.408 e. The van der Waals surface area contributed by atoms with Crippen LogP contribution in [0.2, 0.25) is 0 Å². The summed E-state index contributed by atoms with van der Waals surface area (Å²) in [5.74, 6) is 0. The Bertz CT molecular complexity index is 343. The van der Waals surface area contributed by atoms with Crippen LogP contribution < -0.4 is 5.32 Å². The van der Waals surface area contributed by atoms with Gasteiger partial charge >= 0.3 is 6.09 Å². The molecule has 0 aromatic carbocycles. The molecule has 0 aliphatic heterocycles. The van der Waals surface area contributed by atoms with Crippen LogP contribution in [0.3, 0.4) is 0 Å². The topological polar surface area (TPSA) is 55.4 Å². The number of amides is 1. The van der Waals surface area contributed by atoms with E-state index in [1.54, 1.807) is 0 Å². The largest absolute Gasteiger partial charge is 0.444 e. The molecule has 0 atom stereocenters. The number of alkyl carbamates (subject to hydrolysis) is 1. The zero-order valence-corrected chi connectivity index (χ0v) is 11.5. The van der Waals surface area contributed by atoms with Crippen LogP contribution in [-0.4, -0.2) is 23.5 Å². The Morgan fingerprint density at radius 1 is 1.22 bits per heavy atom. The summed E-state index contributed by atoms with van der Waals surface area (Å²) in [5.41, 5.74) is -0.883. The Kier molecular flexibility index (Phi) is 3.16. The van der Waals surface area contributed by atoms with E-state index in [1.165, 1.54) is 25.7 Å². The second-order valence-corrected chi connectivity index (χ2v) is 6.96. The van der Waals surface area contributed by atoms with E-state index in [9.17, 15) is 9.59 Å². The molecule has 0 saturated heterocycles. The van der Waals surface area contributed by atoms with Gasteiger partial charge in [0.25, 0.3) is 0 Å². The van der Waals surface area contributed by atoms with Gasteiger partial charge < -0.3 is 14.8 Å². The number of carbonyl (C=O) groups excluding carboxylic acids is 2. The summed E-state index contributed by atoms with van der Waals surface area (Å²) >= 11 is 0. The van der Waals surface area contributed by atoms with Crippen molar-refractivity contribution in [3.8, 4) is 0 Å². The molecule has 2 rings (SSSR count). The van der Waals surface area contributed by atoms with Gasteiger partial charge in [0, 0.05) is 0 Å². The summed E-state index contributed by atoms with van der Waals surface area (Å²) in [7, 11) is 0. The van der Waals surface area contributed by atoms with Crippen molar-refractivity contribution in [2.24, 2.45) is 5.41 Å². The highest BCUT2D eigenvalue weighted by atomic mass is 16.6. The molecular weight excluding hydrogens is 230 g/mol. The summed E-state index contributed by atoms with van der Waals surface area (Å²) in [4.78, 5) is 23.0. The molecule has 1 spiro atoms. The SMILES string of the molecule is CC(C)(C)OC(=O)NC1(C=O)CC2(CCCC2)C1. The molecule has 2 aliphatic rings. The van der Waals surface area contributed by atoms with Gasteiger partial charge in [-0.05, 0) is 51.9 Å². The lowest BCUT2D eigenvalue weighted by Gasteiger charge is -2.52. The minimum absolute atomic E-state index is 0.315. The van der Waals surface area contributed by atoms with E-state index in [1.807, 2.05) is 20.8 Å². The fourth-order valence-corrected chi connectivity index (χ4v) is 3.47. The van der Waals surface area contributed by atoms with Crippen LogP contribution in [0.1, 0.15) is 59.3 Å². The standard InChI is InChI=1S/C14H23NO3/c1-12(2,3)18-11(17)15-14(10-16)8-13(9-14)6-4-5-7-13/h10H,4-9H2,1-3H3,(H,15,17). The quantitative estimate of drug-likeness (QED) is 0.770. The summed E-state index contributed by atoms with van der Waals surface area (Å²) in [5, 5.41) is 2.76. The van der Waals surface area contributed by atoms with Crippen molar-refractivity contribution in [2.45, 2.75) is 70.4 Å². The third kappa shape index (κ3) is 2.68. The number of nitrogens with one attached hydrogen (secondary N) is 1. The zero-order valence-electron chi connectivity index (χ0n) is 11.5. The zero-order chi connectivity index (χ0) is 13.4. The van der Waals surface area contributed by atoms with Gasteiger partial charge in [0.1, 0.15) is 11.9 Å². The van der Waals surface area contributed by atoms with E-state index in [0.717, 1.165) is 19.1 Å². The van der Waals surface area contributed by atoms with Gasteiger partial charge in [-0.3, -0.25) is 0 Å². The van der Waals surface area contributed by atoms with Crippen LogP contribution in [0.4, 0.5) is 4.79 Å². The minimum atomic E-state index is -0.674. The maximum Gasteiger partial charge on any atom is 0.408 e. The molecule has 0 aromatic rings. The molecule has 102 valence electrons. The maximum absolute atomic E-state index is 11.7. The first-order valence-corrected chi connectivity index (χ1v) is 6.76. The fourth-order valence-electron chi connectivity index (χ4n) is 3.47. The molecule has 0 aromatic heterocycles. The highest BCUT2D eigenvalue weighted by molar-refractivity contribution is 5.78. The van der Waals surface area contributed by atoms with E-state index in [-0.39, 0.29) is 0 Å². The number of hydrogen-bond acceptors (Lipinski definition) is 3. The van der Waals surface area contributed by atoms with E-state index in [2.05, 4.69) is 5.32 Å². The van der Waals surface area contributed by atoms with Crippen LogP contribution in [0.15, 0.2) is 0 Å². The Hall–Kier alpha value is -1.06. The molecule has 2 fully saturated rings. The van der Waals surface area contributed by atoms with Crippen LogP contribution in [0.25, 0.3) is 0 Å². The number of carbonyl (C=O) groups is 2. The number of aldehydes is 1. The molecule has 2 saturated carbocycles. The van der Waals surface area contributed by atoms with Crippen molar-refractivity contribution in [3.63, 3.8) is 0 Å². The summed E-state index contributed by atoms with van der Waals surface area (Å²) < 4.78 is 5.21. The third-order valence-electron chi connectivity index (χ3n) is 4.02. The average Bonchev–Trinajstić information content (AvgIpc) is 2.62. The Labute approximate surface area is 108 Å². The highest BCUT2D eigenvalue weighted by Crippen LogP contribution is 2.57. The second kappa shape index (κ2) is 4.25. The number of hydrogen-bond donors (Lipinski definition) is 1. The Balaban J connectivity index is 1.91. The van der Waals surface area contributed by atoms with Gasteiger partial charge in [-0.15, -0.1) is 0 Å². The molecule has 1 amide bonds. The van der Waals surface area contributed by atoms with Gasteiger partial charge in [-0.25, -0.2) is 4.79 Å². The lowest BCUT2D eigenvalue weighted by Crippen LogP contribution is -2.63. The molecule has 0 unspecified atom stereocenters. The van der Waals surface area contributed by atoms with Crippen molar-refractivity contribution in [1.29, 1.82) is 0 Å². The van der Waals surface area contributed by atoms with E-state index in [4.69, 9.17) is 4.74 Å². The average molecular weight is 253 g/mol. The summed E-state index contributed by atoms with van der Waals surface area (Å²) in [6, 6.07) is 0. The van der Waals surface area contributed by atoms with Gasteiger partial charge in [0.15, 0.2) is 0 Å². The number of ether oxygens (including phenoxy) is 1. The molecule has 0 bridgehead atoms. The van der Waals surface area contributed by atoms with Crippen LogP contribution in [-0.2, 0) is 9.53 Å². The minimum Gasteiger partial charge on any atom is -0.444 e. The van der Waals surface area contributed by atoms with Gasteiger partial charge in [-0.1, -0.05) is 12.8 Å². The van der Waals surface area contributed by atoms with Crippen molar-refractivity contribution >= 4 is 12.4 Å². The lowest BCUT2D eigenvalue weighted by molar-refractivity contribution is -0.123. The van der Waals surface area contributed by atoms with E-state index < -0.39 is 17.2 Å². The van der Waals surface area contributed by atoms with Crippen molar-refractivity contribution in [2.75, 3.05) is 0 Å². The van der Waals surface area contributed by atoms with Crippen molar-refractivity contribution < 1.29 is 14.3 Å². The van der Waals surface area contributed by atoms with E-state index in [0.29, 0.717) is 5.41 Å². The fraction of sp³-hybridized carbons (Fsp3) is 0.857. The molecule has 4 nitrogen and oxygen atoms in total. The Morgan fingerprint density at radius 2 is 1.78 bits per heavy atom. The van der Waals surface area contributed by atoms with Crippen LogP contribution >= 0.6 is 0 Å². The monoisotopic (exact) mass is 253 g/mol. The molecule has 0 radical (unpaired) electrons. The predicted molar refractivity (Wildman–Crippen MR) is 68.3 cm³/mol. The first-order chi connectivity index (χ1) is 8.28. The van der Waals surface area contributed by atoms with Gasteiger partial charge in [-0.2, -0.15) is 0 Å². The van der Waals surface area contributed by atoms with Crippen LogP contribution in [0, 0.1) is 5.41 Å². The maximum atomic E-state index is 11.7. The predicted octanol–water partition coefficient (Wildman–Crippen LogP) is 2.80. The van der Waals surface area contributed by atoms with Gasteiger partial charge in [0.2, 0.25) is 0 Å². The molecule has 1 N–H and O–H groups in total. The highest BCUT2D eigenvalue weighted by Gasteiger charge is 2.56. The third-order valence-corrected chi connectivity index (χ3v) is 4.02. The molecule has 4 heteroatoms. The normalized spacial score (nSPS) is 24.4. The summed E-state index contributed by atoms with van der Waals surface area (Å²) in [6.07, 6.45) is 6.86. The Morgan fingerprint density at radius 3 is 2.22 bits per heavy atom. The summed E-state index contributed by atoms with van der Waals surface area (Å²) in [6.45, 7) is 5.46. The molecular formula is C14H23NO3. The first kappa shape index (κ1) is 13.4. The van der Waals surface area contributed by atoms with Gasteiger partial charge in [0.05, 0.1) is 5.54 Å². The second-order valence-electron chi connectivity index (χ2n) is 6.96.